The van der Waals surface area contributed by atoms with E-state index in [0.717, 1.165) is 31.5 Å². The minimum Gasteiger partial charge on any atom is -0.382 e. The molecule has 1 N–H and O–H groups in total. The Morgan fingerprint density at radius 1 is 1.29 bits per heavy atom. The number of aromatic nitrogens is 2. The first-order chi connectivity index (χ1) is 11.5. The van der Waals surface area contributed by atoms with Gasteiger partial charge in [-0.3, -0.25) is 4.90 Å². The van der Waals surface area contributed by atoms with Gasteiger partial charge in [0.1, 0.15) is 5.60 Å². The highest BCUT2D eigenvalue weighted by Gasteiger charge is 2.40. The van der Waals surface area contributed by atoms with Gasteiger partial charge in [-0.25, -0.2) is 4.98 Å². The minimum absolute atomic E-state index is 0.0332. The summed E-state index contributed by atoms with van der Waals surface area (Å²) in [6.07, 6.45) is 7.34. The van der Waals surface area contributed by atoms with Gasteiger partial charge in [-0.05, 0) is 37.5 Å². The number of imidazole rings is 1. The summed E-state index contributed by atoms with van der Waals surface area (Å²) in [5.41, 5.74) is 1.14. The van der Waals surface area contributed by atoms with Gasteiger partial charge < -0.3 is 9.67 Å². The predicted molar refractivity (Wildman–Crippen MR) is 97.0 cm³/mol. The molecule has 0 aliphatic carbocycles. The summed E-state index contributed by atoms with van der Waals surface area (Å²) >= 11 is 6.03. The predicted octanol–water partition coefficient (Wildman–Crippen LogP) is 3.46. The Hall–Kier alpha value is -1.62. The Balaban J connectivity index is 1.91. The van der Waals surface area contributed by atoms with Gasteiger partial charge in [0, 0.05) is 36.5 Å². The highest BCUT2D eigenvalue weighted by atomic mass is 35.5. The van der Waals surface area contributed by atoms with Crippen LogP contribution in [0.4, 0.5) is 0 Å². The Labute approximate surface area is 148 Å². The van der Waals surface area contributed by atoms with E-state index in [4.69, 9.17) is 11.6 Å². The molecule has 1 aromatic heterocycles. The fourth-order valence-corrected chi connectivity index (χ4v) is 3.52. The molecule has 4 nitrogen and oxygen atoms in total. The molecule has 2 atom stereocenters. The molecule has 0 bridgehead atoms. The average Bonchev–Trinajstić information content (AvgIpc) is 3.08. The highest BCUT2D eigenvalue weighted by molar-refractivity contribution is 6.30. The van der Waals surface area contributed by atoms with Crippen LogP contribution in [0.2, 0.25) is 5.02 Å². The third-order valence-electron chi connectivity index (χ3n) is 5.07. The van der Waals surface area contributed by atoms with Crippen molar-refractivity contribution in [3.05, 3.63) is 65.7 Å². The summed E-state index contributed by atoms with van der Waals surface area (Å²) in [7, 11) is 0. The van der Waals surface area contributed by atoms with Gasteiger partial charge in [0.05, 0.1) is 12.9 Å². The van der Waals surface area contributed by atoms with Gasteiger partial charge in [-0.15, -0.1) is 0 Å². The third-order valence-corrected chi connectivity index (χ3v) is 5.32. The van der Waals surface area contributed by atoms with Crippen LogP contribution in [-0.2, 0) is 12.1 Å². The maximum Gasteiger partial charge on any atom is 0.123 e. The normalized spacial score (nSPS) is 19.9. The third kappa shape index (κ3) is 3.56. The van der Waals surface area contributed by atoms with Crippen molar-refractivity contribution in [3.8, 4) is 0 Å². The molecule has 1 fully saturated rings. The SMILES string of the molecule is C=C1CCN([C@@H](C)[C@@](O)(Cn2ccnc2)c2ccc(Cl)cc2)CC1. The number of nitrogens with zero attached hydrogens (tertiary/aromatic N) is 3. The van der Waals surface area contributed by atoms with Crippen LogP contribution in [0.5, 0.6) is 0 Å². The first-order valence-corrected chi connectivity index (χ1v) is 8.72. The maximum absolute atomic E-state index is 11.7. The average molecular weight is 346 g/mol. The van der Waals surface area contributed by atoms with Gasteiger partial charge in [0.2, 0.25) is 0 Å². The lowest BCUT2D eigenvalue weighted by atomic mass is 9.85. The molecule has 1 saturated heterocycles. The van der Waals surface area contributed by atoms with Crippen LogP contribution in [-0.4, -0.2) is 38.7 Å². The number of benzene rings is 1. The summed E-state index contributed by atoms with van der Waals surface area (Å²) in [5, 5.41) is 12.3. The quantitative estimate of drug-likeness (QED) is 0.844. The van der Waals surface area contributed by atoms with E-state index in [9.17, 15) is 5.11 Å². The van der Waals surface area contributed by atoms with Crippen LogP contribution in [0.25, 0.3) is 0 Å². The molecule has 0 amide bonds. The van der Waals surface area contributed by atoms with E-state index < -0.39 is 5.60 Å². The second-order valence-corrected chi connectivity index (χ2v) is 7.06. The lowest BCUT2D eigenvalue weighted by Crippen LogP contribution is -2.52. The molecule has 2 heterocycles. The molecule has 0 saturated carbocycles. The summed E-state index contributed by atoms with van der Waals surface area (Å²) in [6.45, 7) is 8.49. The summed E-state index contributed by atoms with van der Waals surface area (Å²) in [5.74, 6) is 0. The molecular formula is C19H24ClN3O. The van der Waals surface area contributed by atoms with E-state index in [1.807, 2.05) is 35.0 Å². The van der Waals surface area contributed by atoms with E-state index >= 15 is 0 Å². The summed E-state index contributed by atoms with van der Waals surface area (Å²) < 4.78 is 1.92. The standard InChI is InChI=1S/C19H24ClN3O/c1-15-7-10-23(11-8-15)16(2)19(24,13-22-12-9-21-14-22)17-3-5-18(20)6-4-17/h3-6,9,12,14,16,24H,1,7-8,10-11,13H2,2H3/t16-,19-/m0/s1. The van der Waals surface area contributed by atoms with Gasteiger partial charge in [0.25, 0.3) is 0 Å². The number of piperidine rings is 1. The zero-order chi connectivity index (χ0) is 17.2. The van der Waals surface area contributed by atoms with Crippen molar-refractivity contribution in [2.75, 3.05) is 13.1 Å². The molecule has 24 heavy (non-hydrogen) atoms. The van der Waals surface area contributed by atoms with E-state index in [1.54, 1.807) is 12.5 Å². The molecule has 1 aliphatic rings. The van der Waals surface area contributed by atoms with E-state index in [2.05, 4.69) is 23.4 Å². The van der Waals surface area contributed by atoms with Crippen molar-refractivity contribution >= 4 is 11.6 Å². The number of rotatable bonds is 5. The number of hydrogen-bond donors (Lipinski definition) is 1. The second kappa shape index (κ2) is 7.09. The van der Waals surface area contributed by atoms with Crippen LogP contribution in [0.1, 0.15) is 25.3 Å². The molecular weight excluding hydrogens is 322 g/mol. The van der Waals surface area contributed by atoms with Crippen molar-refractivity contribution in [2.24, 2.45) is 0 Å². The molecule has 0 unspecified atom stereocenters. The zero-order valence-electron chi connectivity index (χ0n) is 14.0. The van der Waals surface area contributed by atoms with Crippen LogP contribution in [0.3, 0.4) is 0 Å². The van der Waals surface area contributed by atoms with Crippen molar-refractivity contribution in [1.29, 1.82) is 0 Å². The van der Waals surface area contributed by atoms with Crippen molar-refractivity contribution in [2.45, 2.75) is 38.0 Å². The first-order valence-electron chi connectivity index (χ1n) is 8.34. The molecule has 5 heteroatoms. The van der Waals surface area contributed by atoms with Crippen LogP contribution in [0, 0.1) is 0 Å². The maximum atomic E-state index is 11.7. The monoisotopic (exact) mass is 345 g/mol. The lowest BCUT2D eigenvalue weighted by Gasteiger charge is -2.43. The van der Waals surface area contributed by atoms with Crippen LogP contribution in [0.15, 0.2) is 55.1 Å². The van der Waals surface area contributed by atoms with Crippen LogP contribution < -0.4 is 0 Å². The molecule has 128 valence electrons. The number of likely N-dealkylation sites (tertiary alicyclic amines) is 1. The van der Waals surface area contributed by atoms with Gasteiger partial charge >= 0.3 is 0 Å². The summed E-state index contributed by atoms with van der Waals surface area (Å²) in [6, 6.07) is 7.47. The molecule has 0 spiro atoms. The Bertz CT molecular complexity index is 673. The number of aliphatic hydroxyl groups is 1. The molecule has 0 radical (unpaired) electrons. The summed E-state index contributed by atoms with van der Waals surface area (Å²) in [4.78, 5) is 6.45. The molecule has 2 aromatic rings. The number of hydrogen-bond acceptors (Lipinski definition) is 3. The van der Waals surface area contributed by atoms with E-state index in [-0.39, 0.29) is 6.04 Å². The smallest absolute Gasteiger partial charge is 0.123 e. The topological polar surface area (TPSA) is 41.3 Å². The van der Waals surface area contributed by atoms with Gasteiger partial charge in [-0.2, -0.15) is 0 Å². The largest absolute Gasteiger partial charge is 0.382 e. The van der Waals surface area contributed by atoms with Gasteiger partial charge in [0.15, 0.2) is 0 Å². The van der Waals surface area contributed by atoms with Crippen molar-refractivity contribution in [1.82, 2.24) is 14.5 Å². The Morgan fingerprint density at radius 3 is 2.54 bits per heavy atom. The molecule has 3 rings (SSSR count). The fraction of sp³-hybridized carbons (Fsp3) is 0.421. The highest BCUT2D eigenvalue weighted by Crippen LogP contribution is 2.33. The van der Waals surface area contributed by atoms with Crippen LogP contribution >= 0.6 is 11.6 Å². The molecule has 1 aromatic carbocycles. The van der Waals surface area contributed by atoms with Gasteiger partial charge in [-0.1, -0.05) is 35.9 Å². The van der Waals surface area contributed by atoms with Crippen molar-refractivity contribution < 1.29 is 5.11 Å². The zero-order valence-corrected chi connectivity index (χ0v) is 14.8. The lowest BCUT2D eigenvalue weighted by molar-refractivity contribution is -0.0612. The number of halogens is 1. The second-order valence-electron chi connectivity index (χ2n) is 6.63. The van der Waals surface area contributed by atoms with Crippen molar-refractivity contribution in [3.63, 3.8) is 0 Å². The van der Waals surface area contributed by atoms with E-state index in [0.29, 0.717) is 11.6 Å². The Kier molecular flexibility index (Phi) is 5.09. The Morgan fingerprint density at radius 2 is 1.96 bits per heavy atom. The van der Waals surface area contributed by atoms with E-state index in [1.165, 1.54) is 5.57 Å². The fourth-order valence-electron chi connectivity index (χ4n) is 3.39. The minimum atomic E-state index is -1.02. The first kappa shape index (κ1) is 17.2. The molecule has 1 aliphatic heterocycles.